The number of rotatable bonds is 0. The normalized spacial score (nSPS) is 74.6. The van der Waals surface area contributed by atoms with Gasteiger partial charge < -0.3 is 0 Å². The van der Waals surface area contributed by atoms with E-state index in [4.69, 9.17) is 0 Å². The summed E-state index contributed by atoms with van der Waals surface area (Å²) in [4.78, 5) is 0. The molecule has 0 amide bonds. The van der Waals surface area contributed by atoms with Crippen LogP contribution in [-0.4, -0.2) is 4.32 Å². The smallest absolute Gasteiger partial charge is 0.0350 e. The molecule has 17 heavy (non-hydrogen) atoms. The highest BCUT2D eigenvalue weighted by molar-refractivity contribution is 9.10. The Bertz CT molecular complexity index is 418. The van der Waals surface area contributed by atoms with Crippen molar-refractivity contribution in [3.63, 3.8) is 0 Å². The molecule has 0 aromatic heterocycles. The molecule has 1 heteroatoms. The Kier molecular flexibility index (Phi) is 1.53. The predicted molar refractivity (Wildman–Crippen MR) is 73.0 cm³/mol. The average Bonchev–Trinajstić information content (AvgIpc) is 2.25. The second-order valence-corrected chi connectivity index (χ2v) is 10.0. The standard InChI is InChI=1S/C16H23Br/c1-14-6-10-4-12-11(14)3-9-5-13(14)16(17,8-10)15(12,2)7-9/h9-13H,3-8H2,1-2H3. The monoisotopic (exact) mass is 294 g/mol. The van der Waals surface area contributed by atoms with E-state index < -0.39 is 0 Å². The minimum absolute atomic E-state index is 0.536. The van der Waals surface area contributed by atoms with Gasteiger partial charge in [0.05, 0.1) is 0 Å². The molecule has 7 aliphatic rings. The molecule has 8 unspecified atom stereocenters. The molecule has 94 valence electrons. The molecule has 0 aromatic carbocycles. The lowest BCUT2D eigenvalue weighted by atomic mass is 9.27. The largest absolute Gasteiger partial charge is 0.0844 e. The predicted octanol–water partition coefficient (Wildman–Crippen LogP) is 4.62. The molecule has 0 saturated heterocycles. The van der Waals surface area contributed by atoms with Crippen molar-refractivity contribution in [3.8, 4) is 0 Å². The van der Waals surface area contributed by atoms with Gasteiger partial charge in [-0.25, -0.2) is 0 Å². The summed E-state index contributed by atoms with van der Waals surface area (Å²) < 4.78 is 0.536. The van der Waals surface area contributed by atoms with Gasteiger partial charge in [0.25, 0.3) is 0 Å². The summed E-state index contributed by atoms with van der Waals surface area (Å²) in [6.45, 7) is 5.32. The Morgan fingerprint density at radius 1 is 0.882 bits per heavy atom. The van der Waals surface area contributed by atoms with Gasteiger partial charge in [0.15, 0.2) is 0 Å². The average molecular weight is 295 g/mol. The van der Waals surface area contributed by atoms with Gasteiger partial charge in [0.2, 0.25) is 0 Å². The van der Waals surface area contributed by atoms with Gasteiger partial charge in [-0.2, -0.15) is 0 Å². The van der Waals surface area contributed by atoms with Crippen molar-refractivity contribution in [2.75, 3.05) is 0 Å². The fourth-order valence-electron chi connectivity index (χ4n) is 7.89. The number of hydrogen-bond acceptors (Lipinski definition) is 0. The molecule has 7 aliphatic carbocycles. The first kappa shape index (κ1) is 10.3. The van der Waals surface area contributed by atoms with Gasteiger partial charge in [-0.05, 0) is 78.9 Å². The number of halogens is 1. The second kappa shape index (κ2) is 2.53. The maximum atomic E-state index is 4.34. The maximum absolute atomic E-state index is 4.34. The first-order valence-corrected chi connectivity index (χ1v) is 8.45. The van der Waals surface area contributed by atoms with Crippen molar-refractivity contribution in [1.82, 2.24) is 0 Å². The van der Waals surface area contributed by atoms with Crippen LogP contribution in [0.2, 0.25) is 0 Å². The molecule has 0 aromatic rings. The van der Waals surface area contributed by atoms with Crippen LogP contribution in [0.25, 0.3) is 0 Å². The lowest BCUT2D eigenvalue weighted by Gasteiger charge is -2.80. The molecule has 8 atom stereocenters. The minimum Gasteiger partial charge on any atom is -0.0844 e. The molecular formula is C16H23Br. The number of hydrogen-bond donors (Lipinski definition) is 0. The third-order valence-corrected chi connectivity index (χ3v) is 10.0. The Labute approximate surface area is 113 Å². The Hall–Kier alpha value is 0.480. The van der Waals surface area contributed by atoms with E-state index in [2.05, 4.69) is 29.8 Å². The molecule has 0 nitrogen and oxygen atoms in total. The first-order valence-electron chi connectivity index (χ1n) is 7.66. The molecule has 8 bridgehead atoms. The summed E-state index contributed by atoms with van der Waals surface area (Å²) >= 11 is 4.34. The van der Waals surface area contributed by atoms with E-state index in [-0.39, 0.29) is 0 Å². The van der Waals surface area contributed by atoms with E-state index in [1.165, 1.54) is 6.42 Å². The molecule has 7 rings (SSSR count). The minimum atomic E-state index is 0.536. The van der Waals surface area contributed by atoms with Gasteiger partial charge in [0.1, 0.15) is 0 Å². The fourth-order valence-corrected chi connectivity index (χ4v) is 9.51. The molecule has 0 heterocycles. The highest BCUT2D eigenvalue weighted by Crippen LogP contribution is 2.82. The fraction of sp³-hybridized carbons (Fsp3) is 1.00. The van der Waals surface area contributed by atoms with Crippen LogP contribution in [0, 0.1) is 40.4 Å². The lowest BCUT2D eigenvalue weighted by Crippen LogP contribution is -2.76. The lowest BCUT2D eigenvalue weighted by molar-refractivity contribution is -0.269. The summed E-state index contributed by atoms with van der Waals surface area (Å²) in [5, 5.41) is 0. The van der Waals surface area contributed by atoms with Crippen molar-refractivity contribution < 1.29 is 0 Å². The zero-order valence-electron chi connectivity index (χ0n) is 11.0. The summed E-state index contributed by atoms with van der Waals surface area (Å²) in [6.07, 6.45) is 9.31. The van der Waals surface area contributed by atoms with Gasteiger partial charge in [-0.3, -0.25) is 0 Å². The molecular weight excluding hydrogens is 272 g/mol. The molecule has 0 aliphatic heterocycles. The van der Waals surface area contributed by atoms with E-state index in [1.807, 2.05) is 0 Å². The Morgan fingerprint density at radius 3 is 2.47 bits per heavy atom. The zero-order valence-corrected chi connectivity index (χ0v) is 12.6. The molecule has 0 N–H and O–H groups in total. The quantitative estimate of drug-likeness (QED) is 0.572. The van der Waals surface area contributed by atoms with Crippen LogP contribution in [0.4, 0.5) is 0 Å². The first-order chi connectivity index (χ1) is 7.97. The van der Waals surface area contributed by atoms with Crippen LogP contribution >= 0.6 is 15.9 Å². The highest BCUT2D eigenvalue weighted by Gasteiger charge is 2.77. The van der Waals surface area contributed by atoms with Crippen LogP contribution in [-0.2, 0) is 0 Å². The third kappa shape index (κ3) is 0.831. The van der Waals surface area contributed by atoms with Crippen molar-refractivity contribution in [3.05, 3.63) is 0 Å². The van der Waals surface area contributed by atoms with Crippen LogP contribution < -0.4 is 0 Å². The zero-order chi connectivity index (χ0) is 11.6. The van der Waals surface area contributed by atoms with Gasteiger partial charge >= 0.3 is 0 Å². The van der Waals surface area contributed by atoms with Crippen molar-refractivity contribution in [2.24, 2.45) is 40.4 Å². The SMILES string of the molecule is CC12CC3CC4C1CC1CC2C(Br)(C3)C4(C)C1. The summed E-state index contributed by atoms with van der Waals surface area (Å²) in [5.74, 6) is 5.30. The highest BCUT2D eigenvalue weighted by atomic mass is 79.9. The number of alkyl halides is 1. The Morgan fingerprint density at radius 2 is 1.65 bits per heavy atom. The molecule has 0 radical (unpaired) electrons. The molecule has 0 spiro atoms. The van der Waals surface area contributed by atoms with E-state index >= 15 is 0 Å². The van der Waals surface area contributed by atoms with Gasteiger partial charge in [-0.15, -0.1) is 0 Å². The summed E-state index contributed by atoms with van der Waals surface area (Å²) in [5.41, 5.74) is 1.37. The maximum Gasteiger partial charge on any atom is 0.0350 e. The van der Waals surface area contributed by atoms with Crippen LogP contribution in [0.3, 0.4) is 0 Å². The molecule has 7 saturated carbocycles. The van der Waals surface area contributed by atoms with E-state index in [1.54, 1.807) is 32.1 Å². The van der Waals surface area contributed by atoms with E-state index in [9.17, 15) is 0 Å². The van der Waals surface area contributed by atoms with Gasteiger partial charge in [0, 0.05) is 4.32 Å². The van der Waals surface area contributed by atoms with Crippen LogP contribution in [0.5, 0.6) is 0 Å². The van der Waals surface area contributed by atoms with Crippen molar-refractivity contribution in [1.29, 1.82) is 0 Å². The van der Waals surface area contributed by atoms with E-state index in [0.717, 1.165) is 29.6 Å². The van der Waals surface area contributed by atoms with Crippen LogP contribution in [0.15, 0.2) is 0 Å². The van der Waals surface area contributed by atoms with Crippen LogP contribution in [0.1, 0.15) is 52.4 Å². The van der Waals surface area contributed by atoms with Crippen molar-refractivity contribution >= 4 is 15.9 Å². The summed E-state index contributed by atoms with van der Waals surface area (Å²) in [7, 11) is 0. The van der Waals surface area contributed by atoms with E-state index in [0.29, 0.717) is 15.2 Å². The molecule has 7 fully saturated rings. The topological polar surface area (TPSA) is 0 Å². The third-order valence-electron chi connectivity index (χ3n) is 8.22. The Balaban J connectivity index is 1.80. The summed E-state index contributed by atoms with van der Waals surface area (Å²) in [6, 6.07) is 0. The van der Waals surface area contributed by atoms with Crippen molar-refractivity contribution in [2.45, 2.75) is 56.7 Å². The van der Waals surface area contributed by atoms with Gasteiger partial charge in [-0.1, -0.05) is 29.8 Å². The second-order valence-electron chi connectivity index (χ2n) is 8.60.